The van der Waals surface area contributed by atoms with Gasteiger partial charge in [-0.25, -0.2) is 0 Å². The number of anilines is 1. The summed E-state index contributed by atoms with van der Waals surface area (Å²) in [4.78, 5) is 23.9. The van der Waals surface area contributed by atoms with Crippen molar-refractivity contribution in [3.63, 3.8) is 0 Å². The van der Waals surface area contributed by atoms with Gasteiger partial charge in [-0.05, 0) is 62.4 Å². The van der Waals surface area contributed by atoms with E-state index >= 15 is 0 Å². The van der Waals surface area contributed by atoms with E-state index in [0.717, 1.165) is 48.7 Å². The highest BCUT2D eigenvalue weighted by Gasteiger charge is 2.23. The molecular weight excluding hydrogens is 418 g/mol. The number of methoxy groups -OCH3 is 1. The summed E-state index contributed by atoms with van der Waals surface area (Å²) in [5, 5.41) is 4.10. The fraction of sp³-hybridized carbons (Fsp3) is 0.400. The predicted molar refractivity (Wildman–Crippen MR) is 127 cm³/mol. The van der Waals surface area contributed by atoms with Crippen LogP contribution in [0.25, 0.3) is 11.4 Å². The molecule has 0 spiro atoms. The van der Waals surface area contributed by atoms with E-state index in [1.54, 1.807) is 7.11 Å². The zero-order valence-corrected chi connectivity index (χ0v) is 19.5. The Morgan fingerprint density at radius 2 is 1.67 bits per heavy atom. The maximum absolute atomic E-state index is 12.9. The minimum absolute atomic E-state index is 0.0836. The second kappa shape index (κ2) is 10.5. The van der Waals surface area contributed by atoms with Crippen molar-refractivity contribution in [3.8, 4) is 17.1 Å². The number of nitrogens with zero attached hydrogens (tertiary/aromatic N) is 5. The summed E-state index contributed by atoms with van der Waals surface area (Å²) in [6.45, 7) is 9.64. The third kappa shape index (κ3) is 5.34. The average molecular weight is 450 g/mol. The first kappa shape index (κ1) is 22.8. The number of ether oxygens (including phenoxy) is 1. The second-order valence-electron chi connectivity index (χ2n) is 8.03. The van der Waals surface area contributed by atoms with E-state index in [4.69, 9.17) is 9.26 Å². The molecule has 0 aliphatic carbocycles. The number of aromatic nitrogens is 2. The van der Waals surface area contributed by atoms with Crippen molar-refractivity contribution in [3.05, 3.63) is 60.0 Å². The van der Waals surface area contributed by atoms with Crippen LogP contribution in [0.1, 0.15) is 30.1 Å². The van der Waals surface area contributed by atoms with E-state index in [2.05, 4.69) is 33.8 Å². The molecule has 1 saturated heterocycles. The Balaban J connectivity index is 1.30. The number of rotatable bonds is 8. The molecule has 8 nitrogen and oxygen atoms in total. The Hall–Kier alpha value is -3.39. The number of benzene rings is 2. The zero-order valence-electron chi connectivity index (χ0n) is 19.5. The molecule has 0 N–H and O–H groups in total. The third-order valence-corrected chi connectivity index (χ3v) is 6.08. The number of piperazine rings is 1. The van der Waals surface area contributed by atoms with Crippen LogP contribution in [-0.2, 0) is 6.54 Å². The van der Waals surface area contributed by atoms with Crippen LogP contribution in [0.3, 0.4) is 0 Å². The van der Waals surface area contributed by atoms with Gasteiger partial charge in [-0.2, -0.15) is 4.98 Å². The number of carbonyl (C=O) groups is 1. The van der Waals surface area contributed by atoms with Crippen LogP contribution >= 0.6 is 0 Å². The van der Waals surface area contributed by atoms with Gasteiger partial charge in [0.25, 0.3) is 5.91 Å². The Morgan fingerprint density at radius 3 is 2.27 bits per heavy atom. The number of hydrogen-bond donors (Lipinski definition) is 0. The van der Waals surface area contributed by atoms with Gasteiger partial charge in [0.05, 0.1) is 13.7 Å². The molecule has 8 heteroatoms. The normalized spacial score (nSPS) is 14.3. The molecule has 1 amide bonds. The Labute approximate surface area is 194 Å². The maximum Gasteiger partial charge on any atom is 0.253 e. The average Bonchev–Trinajstić information content (AvgIpc) is 3.34. The first-order valence-electron chi connectivity index (χ1n) is 11.4. The summed E-state index contributed by atoms with van der Waals surface area (Å²) in [6.07, 6.45) is 0. The van der Waals surface area contributed by atoms with Gasteiger partial charge in [-0.15, -0.1) is 0 Å². The molecule has 0 radical (unpaired) electrons. The topological polar surface area (TPSA) is 74.9 Å². The SMILES string of the molecule is CCN(CC)c1ccc(C(=O)N2CCN(Cc3nc(-c4ccc(OC)cc4)no3)CC2)cc1. The lowest BCUT2D eigenvalue weighted by Gasteiger charge is -2.34. The molecule has 0 bridgehead atoms. The molecule has 174 valence electrons. The zero-order chi connectivity index (χ0) is 23.2. The molecule has 33 heavy (non-hydrogen) atoms. The van der Waals surface area contributed by atoms with Crippen molar-refractivity contribution >= 4 is 11.6 Å². The van der Waals surface area contributed by atoms with Gasteiger partial charge in [0, 0.05) is 56.1 Å². The van der Waals surface area contributed by atoms with Crippen molar-refractivity contribution in [2.75, 3.05) is 51.3 Å². The third-order valence-electron chi connectivity index (χ3n) is 6.08. The highest BCUT2D eigenvalue weighted by atomic mass is 16.5. The molecule has 3 aromatic rings. The fourth-order valence-electron chi connectivity index (χ4n) is 4.06. The van der Waals surface area contributed by atoms with Gasteiger partial charge in [0.2, 0.25) is 11.7 Å². The maximum atomic E-state index is 12.9. The van der Waals surface area contributed by atoms with Crippen LogP contribution in [-0.4, -0.2) is 72.2 Å². The first-order valence-corrected chi connectivity index (χ1v) is 11.4. The first-order chi connectivity index (χ1) is 16.1. The quantitative estimate of drug-likeness (QED) is 0.521. The van der Waals surface area contributed by atoms with Crippen LogP contribution in [0.4, 0.5) is 5.69 Å². The van der Waals surface area contributed by atoms with Crippen LogP contribution in [0.15, 0.2) is 53.1 Å². The minimum Gasteiger partial charge on any atom is -0.497 e. The summed E-state index contributed by atoms with van der Waals surface area (Å²) < 4.78 is 10.6. The van der Waals surface area contributed by atoms with E-state index in [9.17, 15) is 4.79 Å². The van der Waals surface area contributed by atoms with Crippen LogP contribution in [0, 0.1) is 0 Å². The van der Waals surface area contributed by atoms with Crippen LogP contribution in [0.2, 0.25) is 0 Å². The number of carbonyl (C=O) groups excluding carboxylic acids is 1. The minimum atomic E-state index is 0.0836. The molecule has 1 fully saturated rings. The van der Waals surface area contributed by atoms with E-state index in [0.29, 0.717) is 31.3 Å². The van der Waals surface area contributed by atoms with Gasteiger partial charge in [-0.3, -0.25) is 9.69 Å². The van der Waals surface area contributed by atoms with Gasteiger partial charge in [-0.1, -0.05) is 5.16 Å². The molecule has 1 aliphatic rings. The molecule has 1 aliphatic heterocycles. The summed E-state index contributed by atoms with van der Waals surface area (Å²) in [6, 6.07) is 15.5. The van der Waals surface area contributed by atoms with Crippen molar-refractivity contribution < 1.29 is 14.1 Å². The van der Waals surface area contributed by atoms with Gasteiger partial charge < -0.3 is 19.1 Å². The van der Waals surface area contributed by atoms with E-state index in [1.165, 1.54) is 0 Å². The van der Waals surface area contributed by atoms with Gasteiger partial charge in [0.1, 0.15) is 5.75 Å². The smallest absolute Gasteiger partial charge is 0.253 e. The molecule has 0 saturated carbocycles. The van der Waals surface area contributed by atoms with Crippen LogP contribution < -0.4 is 9.64 Å². The summed E-state index contributed by atoms with van der Waals surface area (Å²) >= 11 is 0. The Kier molecular flexibility index (Phi) is 7.24. The number of hydrogen-bond acceptors (Lipinski definition) is 7. The monoisotopic (exact) mass is 449 g/mol. The lowest BCUT2D eigenvalue weighted by Crippen LogP contribution is -2.48. The lowest BCUT2D eigenvalue weighted by atomic mass is 10.1. The van der Waals surface area contributed by atoms with Gasteiger partial charge >= 0.3 is 0 Å². The standard InChI is InChI=1S/C25H31N5O3/c1-4-29(5-2)21-10-6-20(7-11-21)25(31)30-16-14-28(15-17-30)18-23-26-24(27-33-23)19-8-12-22(32-3)13-9-19/h6-13H,4-5,14-18H2,1-3H3. The Morgan fingerprint density at radius 1 is 1.00 bits per heavy atom. The fourth-order valence-corrected chi connectivity index (χ4v) is 4.06. The summed E-state index contributed by atoms with van der Waals surface area (Å²) in [7, 11) is 1.64. The van der Waals surface area contributed by atoms with Crippen molar-refractivity contribution in [1.82, 2.24) is 19.9 Å². The molecule has 2 heterocycles. The van der Waals surface area contributed by atoms with Crippen molar-refractivity contribution in [2.24, 2.45) is 0 Å². The lowest BCUT2D eigenvalue weighted by molar-refractivity contribution is 0.0615. The van der Waals surface area contributed by atoms with E-state index in [1.807, 2.05) is 53.4 Å². The molecule has 4 rings (SSSR count). The Bertz CT molecular complexity index is 1040. The van der Waals surface area contributed by atoms with Crippen LogP contribution in [0.5, 0.6) is 5.75 Å². The van der Waals surface area contributed by atoms with E-state index in [-0.39, 0.29) is 5.91 Å². The molecule has 0 atom stereocenters. The molecule has 2 aromatic carbocycles. The summed E-state index contributed by atoms with van der Waals surface area (Å²) in [5.41, 5.74) is 2.77. The van der Waals surface area contributed by atoms with Gasteiger partial charge in [0.15, 0.2) is 0 Å². The molecule has 0 unspecified atom stereocenters. The highest BCUT2D eigenvalue weighted by Crippen LogP contribution is 2.21. The molecular formula is C25H31N5O3. The predicted octanol–water partition coefficient (Wildman–Crippen LogP) is 3.55. The van der Waals surface area contributed by atoms with Crippen molar-refractivity contribution in [1.29, 1.82) is 0 Å². The largest absolute Gasteiger partial charge is 0.497 e. The second-order valence-corrected chi connectivity index (χ2v) is 8.03. The van der Waals surface area contributed by atoms with Crippen molar-refractivity contribution in [2.45, 2.75) is 20.4 Å². The highest BCUT2D eigenvalue weighted by molar-refractivity contribution is 5.94. The summed E-state index contributed by atoms with van der Waals surface area (Å²) in [5.74, 6) is 2.01. The number of amides is 1. The van der Waals surface area contributed by atoms with E-state index < -0.39 is 0 Å². The molecule has 1 aromatic heterocycles.